The number of nitrogens with one attached hydrogen (secondary N) is 1. The maximum absolute atomic E-state index is 12.3. The number of thioether (sulfide) groups is 1. The van der Waals surface area contributed by atoms with Crippen molar-refractivity contribution in [3.8, 4) is 5.75 Å². The van der Waals surface area contributed by atoms with Gasteiger partial charge in [-0.15, -0.1) is 11.8 Å². The lowest BCUT2D eigenvalue weighted by Gasteiger charge is -2.31. The van der Waals surface area contributed by atoms with Crippen LogP contribution in [-0.4, -0.2) is 48.4 Å². The van der Waals surface area contributed by atoms with E-state index in [1.165, 1.54) is 38.1 Å². The minimum atomic E-state index is -0.182. The van der Waals surface area contributed by atoms with Crippen LogP contribution in [0, 0.1) is 0 Å². The number of amides is 2. The Hall–Kier alpha value is -1.40. The first-order valence-electron chi connectivity index (χ1n) is 8.48. The van der Waals surface area contributed by atoms with Gasteiger partial charge >= 0.3 is 0 Å². The number of methoxy groups -OCH3 is 1. The molecule has 138 valence electrons. The molecule has 1 aliphatic carbocycles. The molecule has 1 aromatic carbocycles. The predicted octanol–water partition coefficient (Wildman–Crippen LogP) is 3.81. The topological polar surface area (TPSA) is 58.6 Å². The van der Waals surface area contributed by atoms with E-state index in [1.807, 2.05) is 11.9 Å². The maximum atomic E-state index is 12.3. The van der Waals surface area contributed by atoms with E-state index >= 15 is 0 Å². The zero-order valence-electron chi connectivity index (χ0n) is 14.7. The molecule has 0 aliphatic heterocycles. The quantitative estimate of drug-likeness (QED) is 0.776. The van der Waals surface area contributed by atoms with Gasteiger partial charge in [-0.1, -0.05) is 30.9 Å². The fourth-order valence-electron chi connectivity index (χ4n) is 2.97. The van der Waals surface area contributed by atoms with Gasteiger partial charge in [0, 0.05) is 18.1 Å². The summed E-state index contributed by atoms with van der Waals surface area (Å²) >= 11 is 7.27. The van der Waals surface area contributed by atoms with Crippen molar-refractivity contribution in [2.24, 2.45) is 0 Å². The Balaban J connectivity index is 1.76. The summed E-state index contributed by atoms with van der Waals surface area (Å²) in [6, 6.07) is 5.40. The summed E-state index contributed by atoms with van der Waals surface area (Å²) < 4.78 is 5.20. The van der Waals surface area contributed by atoms with Crippen LogP contribution in [0.15, 0.2) is 18.2 Å². The van der Waals surface area contributed by atoms with E-state index < -0.39 is 0 Å². The van der Waals surface area contributed by atoms with Gasteiger partial charge in [-0.2, -0.15) is 0 Å². The van der Waals surface area contributed by atoms with E-state index in [0.717, 1.165) is 12.8 Å². The van der Waals surface area contributed by atoms with E-state index in [4.69, 9.17) is 16.3 Å². The van der Waals surface area contributed by atoms with Crippen LogP contribution in [0.5, 0.6) is 5.75 Å². The van der Waals surface area contributed by atoms with Crippen molar-refractivity contribution in [2.75, 3.05) is 31.0 Å². The zero-order valence-corrected chi connectivity index (χ0v) is 16.3. The lowest BCUT2D eigenvalue weighted by molar-refractivity contribution is -0.129. The van der Waals surface area contributed by atoms with Gasteiger partial charge in [-0.3, -0.25) is 9.59 Å². The molecule has 5 nitrogen and oxygen atoms in total. The van der Waals surface area contributed by atoms with E-state index in [-0.39, 0.29) is 17.6 Å². The molecule has 0 heterocycles. The van der Waals surface area contributed by atoms with Gasteiger partial charge in [0.2, 0.25) is 11.8 Å². The first-order chi connectivity index (χ1) is 12.0. The summed E-state index contributed by atoms with van der Waals surface area (Å²) in [5.74, 6) is 0.979. The summed E-state index contributed by atoms with van der Waals surface area (Å²) in [5, 5.41) is 3.30. The van der Waals surface area contributed by atoms with Crippen LogP contribution < -0.4 is 10.1 Å². The van der Waals surface area contributed by atoms with Gasteiger partial charge in [-0.25, -0.2) is 0 Å². The van der Waals surface area contributed by atoms with Crippen LogP contribution in [0.2, 0.25) is 5.02 Å². The minimum Gasteiger partial charge on any atom is -0.495 e. The van der Waals surface area contributed by atoms with Gasteiger partial charge in [0.15, 0.2) is 0 Å². The summed E-state index contributed by atoms with van der Waals surface area (Å²) in [6.45, 7) is 0. The van der Waals surface area contributed by atoms with Crippen LogP contribution in [0.1, 0.15) is 32.1 Å². The lowest BCUT2D eigenvalue weighted by atomic mass is 9.94. The molecule has 0 unspecified atom stereocenters. The second-order valence-corrected chi connectivity index (χ2v) is 7.60. The van der Waals surface area contributed by atoms with Gasteiger partial charge in [0.25, 0.3) is 0 Å². The fraction of sp³-hybridized carbons (Fsp3) is 0.556. The molecule has 0 spiro atoms. The molecule has 1 aromatic rings. The van der Waals surface area contributed by atoms with Crippen molar-refractivity contribution in [1.29, 1.82) is 0 Å². The van der Waals surface area contributed by atoms with Crippen molar-refractivity contribution in [1.82, 2.24) is 4.90 Å². The summed E-state index contributed by atoms with van der Waals surface area (Å²) in [7, 11) is 3.41. The van der Waals surface area contributed by atoms with Crippen molar-refractivity contribution in [2.45, 2.75) is 38.1 Å². The minimum absolute atomic E-state index is 0.0880. The Morgan fingerprint density at radius 1 is 1.28 bits per heavy atom. The highest BCUT2D eigenvalue weighted by Crippen LogP contribution is 2.28. The summed E-state index contributed by atoms with van der Waals surface area (Å²) in [4.78, 5) is 26.2. The molecule has 0 aromatic heterocycles. The van der Waals surface area contributed by atoms with Crippen LogP contribution in [0.25, 0.3) is 0 Å². The number of benzene rings is 1. The Morgan fingerprint density at radius 3 is 2.68 bits per heavy atom. The molecular formula is C18H25ClN2O3S. The summed E-state index contributed by atoms with van der Waals surface area (Å²) in [6.07, 6.45) is 5.82. The Morgan fingerprint density at radius 2 is 2.00 bits per heavy atom. The molecule has 1 aliphatic rings. The average molecular weight is 385 g/mol. The third-order valence-electron chi connectivity index (χ3n) is 4.41. The third-order valence-corrected chi connectivity index (χ3v) is 5.56. The highest BCUT2D eigenvalue weighted by Gasteiger charge is 2.22. The smallest absolute Gasteiger partial charge is 0.234 e. The second-order valence-electron chi connectivity index (χ2n) is 6.18. The van der Waals surface area contributed by atoms with Crippen molar-refractivity contribution < 1.29 is 14.3 Å². The SMILES string of the molecule is COc1ccc(Cl)cc1NC(=O)CSCC(=O)N(C)C1CCCCC1. The van der Waals surface area contributed by atoms with Gasteiger partial charge in [-0.05, 0) is 31.0 Å². The van der Waals surface area contributed by atoms with E-state index in [9.17, 15) is 9.59 Å². The molecule has 2 rings (SSSR count). The van der Waals surface area contributed by atoms with Crippen LogP contribution >= 0.6 is 23.4 Å². The van der Waals surface area contributed by atoms with E-state index in [2.05, 4.69) is 5.32 Å². The largest absolute Gasteiger partial charge is 0.495 e. The van der Waals surface area contributed by atoms with E-state index in [0.29, 0.717) is 28.3 Å². The first kappa shape index (κ1) is 19.9. The number of carbonyl (C=O) groups excluding carboxylic acids is 2. The molecule has 0 atom stereocenters. The van der Waals surface area contributed by atoms with Gasteiger partial charge in [0.05, 0.1) is 24.3 Å². The number of rotatable bonds is 7. The Labute approximate surface area is 158 Å². The predicted molar refractivity (Wildman–Crippen MR) is 104 cm³/mol. The van der Waals surface area contributed by atoms with Crippen LogP contribution in [-0.2, 0) is 9.59 Å². The standard InChI is InChI=1S/C18H25ClN2O3S/c1-21(14-6-4-3-5-7-14)18(23)12-25-11-17(22)20-15-10-13(19)8-9-16(15)24-2/h8-10,14H,3-7,11-12H2,1-2H3,(H,20,22). The van der Waals surface area contributed by atoms with Crippen molar-refractivity contribution in [3.05, 3.63) is 23.2 Å². The number of hydrogen-bond donors (Lipinski definition) is 1. The number of halogens is 1. The molecule has 2 amide bonds. The summed E-state index contributed by atoms with van der Waals surface area (Å²) in [5.41, 5.74) is 0.534. The number of carbonyl (C=O) groups is 2. The number of nitrogens with zero attached hydrogens (tertiary/aromatic N) is 1. The second kappa shape index (κ2) is 9.92. The van der Waals surface area contributed by atoms with Gasteiger partial charge < -0.3 is 15.0 Å². The molecule has 1 fully saturated rings. The molecule has 25 heavy (non-hydrogen) atoms. The molecule has 1 N–H and O–H groups in total. The average Bonchev–Trinajstić information content (AvgIpc) is 2.62. The highest BCUT2D eigenvalue weighted by atomic mass is 35.5. The highest BCUT2D eigenvalue weighted by molar-refractivity contribution is 8.00. The number of hydrogen-bond acceptors (Lipinski definition) is 4. The van der Waals surface area contributed by atoms with Crippen molar-refractivity contribution in [3.63, 3.8) is 0 Å². The zero-order chi connectivity index (χ0) is 18.2. The van der Waals surface area contributed by atoms with E-state index in [1.54, 1.807) is 18.2 Å². The molecule has 1 saturated carbocycles. The van der Waals surface area contributed by atoms with Crippen LogP contribution in [0.4, 0.5) is 5.69 Å². The third kappa shape index (κ3) is 6.12. The first-order valence-corrected chi connectivity index (χ1v) is 10.0. The van der Waals surface area contributed by atoms with Gasteiger partial charge in [0.1, 0.15) is 5.75 Å². The fourth-order valence-corrected chi connectivity index (χ4v) is 3.88. The number of ether oxygens (including phenoxy) is 1. The van der Waals surface area contributed by atoms with Crippen molar-refractivity contribution >= 4 is 40.9 Å². The van der Waals surface area contributed by atoms with Crippen LogP contribution in [0.3, 0.4) is 0 Å². The Kier molecular flexibility index (Phi) is 7.90. The molecule has 0 bridgehead atoms. The number of anilines is 1. The lowest BCUT2D eigenvalue weighted by Crippen LogP contribution is -2.39. The monoisotopic (exact) mass is 384 g/mol. The Bertz CT molecular complexity index is 606. The molecular weight excluding hydrogens is 360 g/mol. The molecule has 0 saturated heterocycles. The molecule has 7 heteroatoms. The maximum Gasteiger partial charge on any atom is 0.234 e. The molecule has 0 radical (unpaired) electrons. The normalized spacial score (nSPS) is 14.8.